The van der Waals surface area contributed by atoms with Gasteiger partial charge in [0.25, 0.3) is 0 Å². The second-order valence-corrected chi connectivity index (χ2v) is 6.91. The van der Waals surface area contributed by atoms with Gasteiger partial charge in [-0.05, 0) is 54.5 Å². The molecular weight excluding hydrogens is 362 g/mol. The Hall–Kier alpha value is -2.93. The van der Waals surface area contributed by atoms with Crippen LogP contribution < -0.4 is 10.6 Å². The number of rotatable bonds is 4. The number of hydrogen-bond acceptors (Lipinski definition) is 5. The van der Waals surface area contributed by atoms with Crippen molar-refractivity contribution in [3.63, 3.8) is 0 Å². The molecular formula is C20H21N3O3S. The Balaban J connectivity index is 1.87. The van der Waals surface area contributed by atoms with Crippen LogP contribution in [-0.4, -0.2) is 21.1 Å². The maximum atomic E-state index is 11.7. The van der Waals surface area contributed by atoms with Crippen molar-refractivity contribution in [1.29, 1.82) is 0 Å². The predicted molar refractivity (Wildman–Crippen MR) is 110 cm³/mol. The first-order chi connectivity index (χ1) is 12.9. The summed E-state index contributed by atoms with van der Waals surface area (Å²) in [6.07, 6.45) is 0.905. The van der Waals surface area contributed by atoms with E-state index < -0.39 is 0 Å². The van der Waals surface area contributed by atoms with Crippen molar-refractivity contribution in [2.24, 2.45) is 5.92 Å². The molecule has 0 saturated heterocycles. The molecule has 0 aliphatic rings. The van der Waals surface area contributed by atoms with Crippen LogP contribution in [0.15, 0.2) is 40.8 Å². The molecule has 0 unspecified atom stereocenters. The van der Waals surface area contributed by atoms with E-state index in [1.807, 2.05) is 18.2 Å². The zero-order valence-electron chi connectivity index (χ0n) is 15.4. The zero-order chi connectivity index (χ0) is 19.6. The van der Waals surface area contributed by atoms with E-state index in [4.69, 9.17) is 16.6 Å². The molecule has 0 atom stereocenters. The van der Waals surface area contributed by atoms with Crippen molar-refractivity contribution in [1.82, 2.24) is 10.3 Å². The van der Waals surface area contributed by atoms with Crippen LogP contribution >= 0.6 is 12.2 Å². The minimum Gasteiger partial charge on any atom is -0.507 e. The van der Waals surface area contributed by atoms with Crippen LogP contribution in [0.3, 0.4) is 0 Å². The minimum atomic E-state index is -0.173. The number of nitrogens with one attached hydrogen (secondary N) is 2. The van der Waals surface area contributed by atoms with Crippen LogP contribution in [0, 0.1) is 5.92 Å². The fourth-order valence-electron chi connectivity index (χ4n) is 2.51. The number of thiocarbonyl (C=S) groups is 1. The molecule has 27 heavy (non-hydrogen) atoms. The van der Waals surface area contributed by atoms with Gasteiger partial charge in [0.2, 0.25) is 11.8 Å². The fourth-order valence-corrected chi connectivity index (χ4v) is 2.73. The van der Waals surface area contributed by atoms with Gasteiger partial charge in [-0.2, -0.15) is 0 Å². The number of fused-ring (bicyclic) bond motifs is 1. The first-order valence-corrected chi connectivity index (χ1v) is 9.13. The van der Waals surface area contributed by atoms with Gasteiger partial charge in [-0.3, -0.25) is 4.79 Å². The number of aryl methyl sites for hydroxylation is 1. The van der Waals surface area contributed by atoms with Gasteiger partial charge in [0.05, 0.1) is 5.56 Å². The van der Waals surface area contributed by atoms with Gasteiger partial charge in [-0.1, -0.05) is 26.8 Å². The number of benzene rings is 2. The van der Waals surface area contributed by atoms with E-state index in [0.717, 1.165) is 17.5 Å². The normalized spacial score (nSPS) is 11.0. The van der Waals surface area contributed by atoms with E-state index in [1.165, 1.54) is 6.07 Å². The van der Waals surface area contributed by atoms with Crippen LogP contribution in [0.1, 0.15) is 26.3 Å². The van der Waals surface area contributed by atoms with Gasteiger partial charge in [0, 0.05) is 11.6 Å². The average molecular weight is 383 g/mol. The van der Waals surface area contributed by atoms with Gasteiger partial charge in [-0.15, -0.1) is 0 Å². The van der Waals surface area contributed by atoms with E-state index in [0.29, 0.717) is 22.7 Å². The molecule has 7 heteroatoms. The van der Waals surface area contributed by atoms with Crippen molar-refractivity contribution in [3.8, 4) is 17.2 Å². The van der Waals surface area contributed by atoms with Gasteiger partial charge in [0.1, 0.15) is 11.3 Å². The third-order valence-corrected chi connectivity index (χ3v) is 4.31. The molecule has 140 valence electrons. The number of aromatic nitrogens is 1. The summed E-state index contributed by atoms with van der Waals surface area (Å²) in [5.74, 6) is 0.0153. The SMILES string of the molecule is CCc1ccc2oc(-c3cc(NC(=S)NC(=O)C(C)C)ccc3O)nc2c1. The first-order valence-electron chi connectivity index (χ1n) is 8.72. The van der Waals surface area contributed by atoms with Gasteiger partial charge >= 0.3 is 0 Å². The number of carbonyl (C=O) groups is 1. The standard InChI is InChI=1S/C20H21N3O3S/c1-4-12-5-8-17-15(9-12)22-19(26-17)14-10-13(6-7-16(14)24)21-20(27)23-18(25)11(2)3/h5-11,24H,4H2,1-3H3,(H2,21,23,25,27). The van der Waals surface area contributed by atoms with Crippen molar-refractivity contribution in [3.05, 3.63) is 42.0 Å². The summed E-state index contributed by atoms with van der Waals surface area (Å²) in [6.45, 7) is 5.64. The number of amides is 1. The summed E-state index contributed by atoms with van der Waals surface area (Å²) in [7, 11) is 0. The van der Waals surface area contributed by atoms with E-state index in [-0.39, 0.29) is 22.7 Å². The minimum absolute atomic E-state index is 0.0416. The molecule has 0 aliphatic carbocycles. The monoisotopic (exact) mass is 383 g/mol. The lowest BCUT2D eigenvalue weighted by molar-refractivity contribution is -0.122. The lowest BCUT2D eigenvalue weighted by Gasteiger charge is -2.12. The average Bonchev–Trinajstić information content (AvgIpc) is 3.05. The van der Waals surface area contributed by atoms with Crippen molar-refractivity contribution in [2.45, 2.75) is 27.2 Å². The number of anilines is 1. The Morgan fingerprint density at radius 2 is 2.04 bits per heavy atom. The number of oxazole rings is 1. The summed E-state index contributed by atoms with van der Waals surface area (Å²) in [5, 5.41) is 16.0. The zero-order valence-corrected chi connectivity index (χ0v) is 16.2. The summed E-state index contributed by atoms with van der Waals surface area (Å²) in [5.41, 5.74) is 3.59. The number of phenols is 1. The lowest BCUT2D eigenvalue weighted by Crippen LogP contribution is -2.36. The van der Waals surface area contributed by atoms with E-state index in [9.17, 15) is 9.90 Å². The summed E-state index contributed by atoms with van der Waals surface area (Å²) < 4.78 is 5.79. The van der Waals surface area contributed by atoms with Crippen molar-refractivity contribution < 1.29 is 14.3 Å². The predicted octanol–water partition coefficient (Wildman–Crippen LogP) is 4.23. The number of hydrogen-bond donors (Lipinski definition) is 3. The first kappa shape index (κ1) is 18.8. The Kier molecular flexibility index (Phi) is 5.41. The Morgan fingerprint density at radius 1 is 1.26 bits per heavy atom. The molecule has 3 N–H and O–H groups in total. The highest BCUT2D eigenvalue weighted by atomic mass is 32.1. The maximum Gasteiger partial charge on any atom is 0.231 e. The molecule has 0 aliphatic heterocycles. The largest absolute Gasteiger partial charge is 0.507 e. The number of aromatic hydroxyl groups is 1. The van der Waals surface area contributed by atoms with Gasteiger partial charge in [0.15, 0.2) is 10.7 Å². The molecule has 3 aromatic rings. The molecule has 0 spiro atoms. The second-order valence-electron chi connectivity index (χ2n) is 6.50. The van der Waals surface area contributed by atoms with Crippen molar-refractivity contribution >= 4 is 40.0 Å². The molecule has 0 fully saturated rings. The highest BCUT2D eigenvalue weighted by Gasteiger charge is 2.15. The third-order valence-electron chi connectivity index (χ3n) is 4.11. The molecule has 0 radical (unpaired) electrons. The Bertz CT molecular complexity index is 1010. The maximum absolute atomic E-state index is 11.7. The molecule has 6 nitrogen and oxygen atoms in total. The Labute approximate surface area is 162 Å². The molecule has 0 bridgehead atoms. The van der Waals surface area contributed by atoms with Crippen LogP contribution in [0.25, 0.3) is 22.6 Å². The summed E-state index contributed by atoms with van der Waals surface area (Å²) >= 11 is 5.16. The number of nitrogens with zero attached hydrogens (tertiary/aromatic N) is 1. The quantitative estimate of drug-likeness (QED) is 0.462. The molecule has 1 amide bonds. The third kappa shape index (κ3) is 4.25. The molecule has 1 heterocycles. The Morgan fingerprint density at radius 3 is 2.74 bits per heavy atom. The fraction of sp³-hybridized carbons (Fsp3) is 0.250. The van der Waals surface area contributed by atoms with Gasteiger partial charge in [-0.25, -0.2) is 4.98 Å². The van der Waals surface area contributed by atoms with E-state index in [2.05, 4.69) is 22.5 Å². The highest BCUT2D eigenvalue weighted by Crippen LogP contribution is 2.33. The molecule has 0 saturated carbocycles. The smallest absolute Gasteiger partial charge is 0.231 e. The molecule has 1 aromatic heterocycles. The summed E-state index contributed by atoms with van der Waals surface area (Å²) in [4.78, 5) is 16.2. The van der Waals surface area contributed by atoms with E-state index >= 15 is 0 Å². The lowest BCUT2D eigenvalue weighted by atomic mass is 10.1. The van der Waals surface area contributed by atoms with Crippen LogP contribution in [0.5, 0.6) is 5.75 Å². The molecule has 3 rings (SSSR count). The highest BCUT2D eigenvalue weighted by molar-refractivity contribution is 7.80. The second kappa shape index (κ2) is 7.75. The van der Waals surface area contributed by atoms with Crippen molar-refractivity contribution in [2.75, 3.05) is 5.32 Å². The summed E-state index contributed by atoms with van der Waals surface area (Å²) in [6, 6.07) is 10.7. The topological polar surface area (TPSA) is 87.4 Å². The van der Waals surface area contributed by atoms with Crippen LogP contribution in [0.2, 0.25) is 0 Å². The van der Waals surface area contributed by atoms with Crippen LogP contribution in [-0.2, 0) is 11.2 Å². The number of phenolic OH excluding ortho intramolecular Hbond substituents is 1. The van der Waals surface area contributed by atoms with Crippen LogP contribution in [0.4, 0.5) is 5.69 Å². The number of carbonyl (C=O) groups excluding carboxylic acids is 1. The molecule has 2 aromatic carbocycles. The van der Waals surface area contributed by atoms with Gasteiger partial charge < -0.3 is 20.2 Å². The van der Waals surface area contributed by atoms with E-state index in [1.54, 1.807) is 26.0 Å².